The van der Waals surface area contributed by atoms with Crippen LogP contribution in [0.2, 0.25) is 0 Å². The van der Waals surface area contributed by atoms with Crippen LogP contribution in [0, 0.1) is 0 Å². The molecule has 0 saturated carbocycles. The van der Waals surface area contributed by atoms with Crippen LogP contribution in [0.4, 0.5) is 0 Å². The van der Waals surface area contributed by atoms with Crippen molar-refractivity contribution in [3.05, 3.63) is 35.9 Å². The van der Waals surface area contributed by atoms with Gasteiger partial charge in [-0.2, -0.15) is 0 Å². The van der Waals surface area contributed by atoms with Crippen molar-refractivity contribution in [1.29, 1.82) is 0 Å². The van der Waals surface area contributed by atoms with Crippen molar-refractivity contribution in [2.45, 2.75) is 18.6 Å². The molecule has 2 N–H and O–H groups in total. The lowest BCUT2D eigenvalue weighted by atomic mass is 10.1. The highest BCUT2D eigenvalue weighted by Crippen LogP contribution is 2.05. The van der Waals surface area contributed by atoms with Gasteiger partial charge < -0.3 is 19.7 Å². The fourth-order valence-electron chi connectivity index (χ4n) is 1.48. The molecule has 0 spiro atoms. The predicted octanol–water partition coefficient (Wildman–Crippen LogP) is 0.602. The van der Waals surface area contributed by atoms with Crippen LogP contribution in [0.25, 0.3) is 0 Å². The van der Waals surface area contributed by atoms with Gasteiger partial charge in [-0.15, -0.1) is 0 Å². The summed E-state index contributed by atoms with van der Waals surface area (Å²) >= 11 is 0. The molecule has 0 aromatic heterocycles. The Kier molecular flexibility index (Phi) is 6.35. The molecule has 0 radical (unpaired) electrons. The van der Waals surface area contributed by atoms with Crippen LogP contribution >= 0.6 is 0 Å². The smallest absolute Gasteiger partial charge is 0.337 e. The highest BCUT2D eigenvalue weighted by molar-refractivity contribution is 5.89. The summed E-state index contributed by atoms with van der Waals surface area (Å²) in [5, 5.41) is 17.6. The van der Waals surface area contributed by atoms with Gasteiger partial charge in [-0.25, -0.2) is 4.79 Å². The van der Waals surface area contributed by atoms with E-state index in [1.165, 1.54) is 7.11 Å². The van der Waals surface area contributed by atoms with Crippen molar-refractivity contribution in [1.82, 2.24) is 0 Å². The van der Waals surface area contributed by atoms with Crippen molar-refractivity contribution in [3.63, 3.8) is 0 Å². The minimum absolute atomic E-state index is 0.291. The quantitative estimate of drug-likeness (QED) is 0.718. The Labute approximate surface area is 106 Å². The van der Waals surface area contributed by atoms with Crippen molar-refractivity contribution in [2.75, 3.05) is 20.3 Å². The maximum Gasteiger partial charge on any atom is 0.337 e. The van der Waals surface area contributed by atoms with Crippen LogP contribution in [-0.2, 0) is 9.47 Å². The number of hydrogen-bond acceptors (Lipinski definition) is 5. The van der Waals surface area contributed by atoms with Crippen LogP contribution in [0.3, 0.4) is 0 Å². The van der Waals surface area contributed by atoms with Gasteiger partial charge in [0, 0.05) is 6.42 Å². The standard InChI is InChI=1S/C8H8O2.C5H10O3/c1-10-8(9)7-5-3-2-4-6-7;6-4-1-5(7)3-8-2-4/h2-6H,1H3;4-7H,1-3H2. The van der Waals surface area contributed by atoms with E-state index in [1.807, 2.05) is 6.07 Å². The first-order chi connectivity index (χ1) is 8.63. The van der Waals surface area contributed by atoms with E-state index in [4.69, 9.17) is 14.9 Å². The number of aliphatic hydroxyl groups excluding tert-OH is 2. The zero-order valence-corrected chi connectivity index (χ0v) is 10.3. The van der Waals surface area contributed by atoms with Gasteiger partial charge in [-0.3, -0.25) is 0 Å². The van der Waals surface area contributed by atoms with E-state index in [0.717, 1.165) is 0 Å². The van der Waals surface area contributed by atoms with E-state index in [1.54, 1.807) is 24.3 Å². The first kappa shape index (κ1) is 14.6. The van der Waals surface area contributed by atoms with Crippen LogP contribution < -0.4 is 0 Å². The molecule has 1 aromatic carbocycles. The summed E-state index contributed by atoms with van der Waals surface area (Å²) < 4.78 is 9.29. The van der Waals surface area contributed by atoms with Gasteiger partial charge in [0.1, 0.15) is 0 Å². The molecule has 18 heavy (non-hydrogen) atoms. The van der Waals surface area contributed by atoms with Gasteiger partial charge in [0.2, 0.25) is 0 Å². The number of esters is 1. The number of rotatable bonds is 1. The molecule has 1 aromatic rings. The summed E-state index contributed by atoms with van der Waals surface area (Å²) in [4.78, 5) is 10.8. The molecule has 5 heteroatoms. The molecule has 0 bridgehead atoms. The third kappa shape index (κ3) is 5.27. The lowest BCUT2D eigenvalue weighted by Gasteiger charge is -2.21. The molecular formula is C13H18O5. The molecule has 1 fully saturated rings. The topological polar surface area (TPSA) is 76.0 Å². The molecule has 2 unspecified atom stereocenters. The van der Waals surface area contributed by atoms with Crippen molar-refractivity contribution >= 4 is 5.97 Å². The summed E-state index contributed by atoms with van der Waals surface area (Å²) in [6, 6.07) is 8.88. The molecule has 5 nitrogen and oxygen atoms in total. The molecule has 1 heterocycles. The largest absolute Gasteiger partial charge is 0.465 e. The molecule has 100 valence electrons. The Balaban J connectivity index is 0.000000184. The molecule has 2 atom stereocenters. The zero-order valence-electron chi connectivity index (χ0n) is 10.3. The normalized spacial score (nSPS) is 22.6. The fraction of sp³-hybridized carbons (Fsp3) is 0.462. The summed E-state index contributed by atoms with van der Waals surface area (Å²) in [6.45, 7) is 0.744. The van der Waals surface area contributed by atoms with E-state index < -0.39 is 12.2 Å². The number of ether oxygens (including phenoxy) is 2. The predicted molar refractivity (Wildman–Crippen MR) is 65.2 cm³/mol. The molecule has 0 aliphatic carbocycles. The van der Waals surface area contributed by atoms with E-state index in [9.17, 15) is 4.79 Å². The second kappa shape index (κ2) is 7.81. The Bertz CT molecular complexity index is 344. The number of aliphatic hydroxyl groups is 2. The molecule has 1 aliphatic heterocycles. The van der Waals surface area contributed by atoms with Gasteiger partial charge in [0.15, 0.2) is 0 Å². The molecular weight excluding hydrogens is 236 g/mol. The van der Waals surface area contributed by atoms with Crippen molar-refractivity contribution in [2.24, 2.45) is 0 Å². The minimum atomic E-state index is -0.459. The maximum absolute atomic E-state index is 10.8. The Morgan fingerprint density at radius 3 is 2.17 bits per heavy atom. The first-order valence-electron chi connectivity index (χ1n) is 5.70. The average molecular weight is 254 g/mol. The highest BCUT2D eigenvalue weighted by atomic mass is 16.5. The number of methoxy groups -OCH3 is 1. The van der Waals surface area contributed by atoms with Crippen LogP contribution in [0.5, 0.6) is 0 Å². The lowest BCUT2D eigenvalue weighted by Crippen LogP contribution is -2.32. The van der Waals surface area contributed by atoms with Crippen LogP contribution in [0.1, 0.15) is 16.8 Å². The van der Waals surface area contributed by atoms with Crippen LogP contribution in [0.15, 0.2) is 30.3 Å². The fourth-order valence-corrected chi connectivity index (χ4v) is 1.48. The highest BCUT2D eigenvalue weighted by Gasteiger charge is 2.17. The number of benzene rings is 1. The third-order valence-electron chi connectivity index (χ3n) is 2.36. The summed E-state index contributed by atoms with van der Waals surface area (Å²) in [7, 11) is 1.37. The summed E-state index contributed by atoms with van der Waals surface area (Å²) in [5.74, 6) is -0.291. The second-order valence-electron chi connectivity index (χ2n) is 3.94. The summed E-state index contributed by atoms with van der Waals surface area (Å²) in [6.07, 6.45) is -0.461. The molecule has 2 rings (SSSR count). The number of carbonyl (C=O) groups is 1. The van der Waals surface area contributed by atoms with E-state index in [-0.39, 0.29) is 5.97 Å². The van der Waals surface area contributed by atoms with Crippen LogP contribution in [-0.4, -0.2) is 48.7 Å². The number of carbonyl (C=O) groups excluding carboxylic acids is 1. The Morgan fingerprint density at radius 2 is 1.78 bits per heavy atom. The van der Waals surface area contributed by atoms with Gasteiger partial charge in [0.25, 0.3) is 0 Å². The van der Waals surface area contributed by atoms with Gasteiger partial charge >= 0.3 is 5.97 Å². The first-order valence-corrected chi connectivity index (χ1v) is 5.70. The lowest BCUT2D eigenvalue weighted by molar-refractivity contribution is -0.0715. The molecule has 1 saturated heterocycles. The van der Waals surface area contributed by atoms with E-state index >= 15 is 0 Å². The van der Waals surface area contributed by atoms with Gasteiger partial charge in [-0.1, -0.05) is 18.2 Å². The average Bonchev–Trinajstić information content (AvgIpc) is 2.39. The van der Waals surface area contributed by atoms with Crippen molar-refractivity contribution in [3.8, 4) is 0 Å². The maximum atomic E-state index is 10.8. The molecule has 1 aliphatic rings. The minimum Gasteiger partial charge on any atom is -0.465 e. The second-order valence-corrected chi connectivity index (χ2v) is 3.94. The van der Waals surface area contributed by atoms with E-state index in [0.29, 0.717) is 25.2 Å². The number of hydrogen-bond donors (Lipinski definition) is 2. The Hall–Kier alpha value is -1.43. The van der Waals surface area contributed by atoms with Crippen molar-refractivity contribution < 1.29 is 24.5 Å². The van der Waals surface area contributed by atoms with Gasteiger partial charge in [0.05, 0.1) is 38.1 Å². The summed E-state index contributed by atoms with van der Waals surface area (Å²) in [5.41, 5.74) is 0.588. The monoisotopic (exact) mass is 254 g/mol. The van der Waals surface area contributed by atoms with Gasteiger partial charge in [-0.05, 0) is 12.1 Å². The van der Waals surface area contributed by atoms with E-state index in [2.05, 4.69) is 4.74 Å². The molecule has 0 amide bonds. The SMILES string of the molecule is COC(=O)c1ccccc1.OC1COCC(O)C1. The zero-order chi connectivity index (χ0) is 13.4. The third-order valence-corrected chi connectivity index (χ3v) is 2.36. The Morgan fingerprint density at radius 1 is 1.22 bits per heavy atom.